The van der Waals surface area contributed by atoms with Crippen molar-refractivity contribution in [2.24, 2.45) is 5.92 Å². The summed E-state index contributed by atoms with van der Waals surface area (Å²) >= 11 is 0. The summed E-state index contributed by atoms with van der Waals surface area (Å²) in [5.74, 6) is -0.835. The molecule has 2 rings (SSSR count). The van der Waals surface area contributed by atoms with Crippen LogP contribution in [0.25, 0.3) is 0 Å². The summed E-state index contributed by atoms with van der Waals surface area (Å²) in [6.45, 7) is 2.59. The molecule has 1 aliphatic rings. The molecule has 1 aromatic carbocycles. The molecule has 20 heavy (non-hydrogen) atoms. The van der Waals surface area contributed by atoms with E-state index in [1.54, 1.807) is 4.90 Å². The molecule has 6 heteroatoms. The molecule has 0 radical (unpaired) electrons. The first kappa shape index (κ1) is 14.6. The molecule has 0 amide bonds. The van der Waals surface area contributed by atoms with E-state index in [4.69, 9.17) is 5.73 Å². The molecule has 2 unspecified atom stereocenters. The number of aliphatic hydroxyl groups is 1. The maximum atomic E-state index is 14.1. The number of anilines is 2. The Morgan fingerprint density at radius 3 is 2.90 bits per heavy atom. The maximum absolute atomic E-state index is 14.1. The lowest BCUT2D eigenvalue weighted by atomic mass is 10.0. The van der Waals surface area contributed by atoms with Crippen molar-refractivity contribution in [1.29, 1.82) is 0 Å². The molecule has 1 heterocycles. The van der Waals surface area contributed by atoms with Gasteiger partial charge in [-0.2, -0.15) is 0 Å². The number of carbonyl (C=O) groups is 1. The second-order valence-electron chi connectivity index (χ2n) is 5.09. The summed E-state index contributed by atoms with van der Waals surface area (Å²) in [5, 5.41) is 9.46. The molecule has 5 nitrogen and oxygen atoms in total. The van der Waals surface area contributed by atoms with Gasteiger partial charge in [-0.3, -0.25) is 0 Å². The molecule has 110 valence electrons. The van der Waals surface area contributed by atoms with Gasteiger partial charge in [0.15, 0.2) is 0 Å². The number of ether oxygens (including phenoxy) is 1. The van der Waals surface area contributed by atoms with Crippen LogP contribution in [0, 0.1) is 11.7 Å². The molecular formula is C14H19FN2O3. The number of nitrogens with zero attached hydrogens (tertiary/aromatic N) is 1. The van der Waals surface area contributed by atoms with Crippen LogP contribution in [0.15, 0.2) is 12.1 Å². The van der Waals surface area contributed by atoms with Crippen molar-refractivity contribution in [3.05, 3.63) is 23.5 Å². The Kier molecular flexibility index (Phi) is 4.13. The van der Waals surface area contributed by atoms with Crippen molar-refractivity contribution in [1.82, 2.24) is 0 Å². The number of benzene rings is 1. The van der Waals surface area contributed by atoms with Gasteiger partial charge in [-0.1, -0.05) is 6.92 Å². The number of halogens is 1. The van der Waals surface area contributed by atoms with Crippen LogP contribution < -0.4 is 10.6 Å². The molecule has 1 saturated heterocycles. The van der Waals surface area contributed by atoms with Crippen molar-refractivity contribution in [3.8, 4) is 0 Å². The van der Waals surface area contributed by atoms with E-state index in [1.165, 1.54) is 13.2 Å². The molecule has 0 bridgehead atoms. The Morgan fingerprint density at radius 1 is 1.60 bits per heavy atom. The Bertz CT molecular complexity index is 521. The van der Waals surface area contributed by atoms with Crippen LogP contribution in [0.4, 0.5) is 15.8 Å². The summed E-state index contributed by atoms with van der Waals surface area (Å²) in [4.78, 5) is 13.4. The van der Waals surface area contributed by atoms with Crippen molar-refractivity contribution in [2.45, 2.75) is 19.4 Å². The number of nitrogens with two attached hydrogens (primary N) is 1. The zero-order valence-corrected chi connectivity index (χ0v) is 11.6. The minimum absolute atomic E-state index is 0.0471. The maximum Gasteiger partial charge on any atom is 0.340 e. The third-order valence-corrected chi connectivity index (χ3v) is 3.90. The fraction of sp³-hybridized carbons (Fsp3) is 0.500. The predicted molar refractivity (Wildman–Crippen MR) is 74.2 cm³/mol. The fourth-order valence-electron chi connectivity index (χ4n) is 2.67. The average molecular weight is 282 g/mol. The highest BCUT2D eigenvalue weighted by atomic mass is 19.1. The highest BCUT2D eigenvalue weighted by molar-refractivity contribution is 5.96. The van der Waals surface area contributed by atoms with E-state index in [2.05, 4.69) is 4.74 Å². The lowest BCUT2D eigenvalue weighted by Crippen LogP contribution is -2.36. The van der Waals surface area contributed by atoms with Crippen LogP contribution in [-0.4, -0.2) is 37.4 Å². The Morgan fingerprint density at radius 2 is 2.30 bits per heavy atom. The van der Waals surface area contributed by atoms with Crippen LogP contribution >= 0.6 is 0 Å². The van der Waals surface area contributed by atoms with Gasteiger partial charge >= 0.3 is 5.97 Å². The topological polar surface area (TPSA) is 75.8 Å². The van der Waals surface area contributed by atoms with E-state index in [-0.39, 0.29) is 35.5 Å². The highest BCUT2D eigenvalue weighted by Gasteiger charge is 2.32. The van der Waals surface area contributed by atoms with Gasteiger partial charge in [0.2, 0.25) is 0 Å². The Balaban J connectivity index is 2.44. The lowest BCUT2D eigenvalue weighted by Gasteiger charge is -2.28. The van der Waals surface area contributed by atoms with Gasteiger partial charge in [-0.25, -0.2) is 9.18 Å². The molecule has 0 saturated carbocycles. The number of hydrogen-bond acceptors (Lipinski definition) is 5. The van der Waals surface area contributed by atoms with Crippen molar-refractivity contribution < 1.29 is 19.0 Å². The number of carbonyl (C=O) groups excluding carboxylic acids is 1. The van der Waals surface area contributed by atoms with Crippen LogP contribution in [0.2, 0.25) is 0 Å². The SMILES string of the molecule is COC(=O)c1cc(N2CCC(C)C2CO)c(F)cc1N. The van der Waals surface area contributed by atoms with E-state index in [0.29, 0.717) is 6.54 Å². The minimum Gasteiger partial charge on any atom is -0.465 e. The van der Waals surface area contributed by atoms with Crippen molar-refractivity contribution in [2.75, 3.05) is 30.9 Å². The molecule has 2 atom stereocenters. The van der Waals surface area contributed by atoms with Gasteiger partial charge in [0, 0.05) is 12.2 Å². The number of esters is 1. The summed E-state index contributed by atoms with van der Waals surface area (Å²) in [5.41, 5.74) is 6.12. The second-order valence-corrected chi connectivity index (χ2v) is 5.09. The number of aliphatic hydroxyl groups excluding tert-OH is 1. The van der Waals surface area contributed by atoms with Gasteiger partial charge in [-0.05, 0) is 24.5 Å². The Labute approximate surface area is 117 Å². The summed E-state index contributed by atoms with van der Waals surface area (Å²) in [6, 6.07) is 2.37. The smallest absolute Gasteiger partial charge is 0.340 e. The van der Waals surface area contributed by atoms with E-state index in [1.807, 2.05) is 6.92 Å². The molecule has 1 aliphatic heterocycles. The Hall–Kier alpha value is -1.82. The third-order valence-electron chi connectivity index (χ3n) is 3.90. The largest absolute Gasteiger partial charge is 0.465 e. The quantitative estimate of drug-likeness (QED) is 0.647. The van der Waals surface area contributed by atoms with Gasteiger partial charge < -0.3 is 20.5 Å². The van der Waals surface area contributed by atoms with Gasteiger partial charge in [0.25, 0.3) is 0 Å². The van der Waals surface area contributed by atoms with Gasteiger partial charge in [0.05, 0.1) is 31.0 Å². The zero-order valence-electron chi connectivity index (χ0n) is 11.6. The summed E-state index contributed by atoms with van der Waals surface area (Å²) < 4.78 is 18.8. The van der Waals surface area contributed by atoms with Gasteiger partial charge in [-0.15, -0.1) is 0 Å². The van der Waals surface area contributed by atoms with Crippen LogP contribution in [0.1, 0.15) is 23.7 Å². The van der Waals surface area contributed by atoms with E-state index in [0.717, 1.165) is 12.5 Å². The molecule has 3 N–H and O–H groups in total. The van der Waals surface area contributed by atoms with Crippen LogP contribution in [0.3, 0.4) is 0 Å². The van der Waals surface area contributed by atoms with E-state index < -0.39 is 11.8 Å². The van der Waals surface area contributed by atoms with Gasteiger partial charge in [0.1, 0.15) is 5.82 Å². The molecule has 0 aliphatic carbocycles. The highest BCUT2D eigenvalue weighted by Crippen LogP contribution is 2.33. The minimum atomic E-state index is -0.600. The third kappa shape index (κ3) is 2.43. The average Bonchev–Trinajstić information content (AvgIpc) is 2.79. The standard InChI is InChI=1S/C14H19FN2O3/c1-8-3-4-17(13(8)7-18)12-5-9(14(19)20-2)11(16)6-10(12)15/h5-6,8,13,18H,3-4,7,16H2,1-2H3. The monoisotopic (exact) mass is 282 g/mol. The van der Waals surface area contributed by atoms with Crippen molar-refractivity contribution >= 4 is 17.3 Å². The predicted octanol–water partition coefficient (Wildman–Crippen LogP) is 1.40. The first-order valence-corrected chi connectivity index (χ1v) is 6.54. The summed E-state index contributed by atoms with van der Waals surface area (Å²) in [6.07, 6.45) is 0.864. The van der Waals surface area contributed by atoms with E-state index in [9.17, 15) is 14.3 Å². The molecule has 0 aromatic heterocycles. The number of nitrogen functional groups attached to an aromatic ring is 1. The first-order valence-electron chi connectivity index (χ1n) is 6.54. The first-order chi connectivity index (χ1) is 9.49. The molecule has 1 fully saturated rings. The molecule has 1 aromatic rings. The zero-order chi connectivity index (χ0) is 14.9. The number of rotatable bonds is 3. The lowest BCUT2D eigenvalue weighted by molar-refractivity contribution is 0.0602. The molecule has 0 spiro atoms. The normalized spacial score (nSPS) is 22.1. The molecular weight excluding hydrogens is 263 g/mol. The number of hydrogen-bond donors (Lipinski definition) is 2. The van der Waals surface area contributed by atoms with Crippen LogP contribution in [-0.2, 0) is 4.74 Å². The van der Waals surface area contributed by atoms with Crippen molar-refractivity contribution in [3.63, 3.8) is 0 Å². The fourth-order valence-corrected chi connectivity index (χ4v) is 2.67. The van der Waals surface area contributed by atoms with Crippen LogP contribution in [0.5, 0.6) is 0 Å². The van der Waals surface area contributed by atoms with E-state index >= 15 is 0 Å². The number of methoxy groups -OCH3 is 1. The summed E-state index contributed by atoms with van der Waals surface area (Å²) in [7, 11) is 1.25. The second kappa shape index (κ2) is 5.66.